The van der Waals surface area contributed by atoms with Crippen LogP contribution >= 0.6 is 0 Å². The molecule has 0 aliphatic rings. The molecule has 1 unspecified atom stereocenters. The summed E-state index contributed by atoms with van der Waals surface area (Å²) in [6, 6.07) is 4.97. The van der Waals surface area contributed by atoms with Gasteiger partial charge in [-0.2, -0.15) is 0 Å². The maximum atomic E-state index is 13.0. The standard InChI is InChI=1S/C14H18FN3/c1-10-5-13(15)4-3-12(10)7-18-8-14(17-9-18)6-11(2)16/h3-5,8-9,11H,6-7,16H2,1-2H3. The Labute approximate surface area is 106 Å². The van der Waals surface area contributed by atoms with Crippen LogP contribution in [0.2, 0.25) is 0 Å². The summed E-state index contributed by atoms with van der Waals surface area (Å²) in [5, 5.41) is 0. The Morgan fingerprint density at radius 1 is 1.44 bits per heavy atom. The van der Waals surface area contributed by atoms with Gasteiger partial charge in [0.2, 0.25) is 0 Å². The molecule has 0 aliphatic carbocycles. The van der Waals surface area contributed by atoms with E-state index >= 15 is 0 Å². The van der Waals surface area contributed by atoms with E-state index in [0.717, 1.165) is 23.2 Å². The van der Waals surface area contributed by atoms with Crippen LogP contribution in [0.3, 0.4) is 0 Å². The number of rotatable bonds is 4. The maximum Gasteiger partial charge on any atom is 0.123 e. The largest absolute Gasteiger partial charge is 0.333 e. The number of imidazole rings is 1. The first-order chi connectivity index (χ1) is 8.54. The van der Waals surface area contributed by atoms with Gasteiger partial charge in [0.15, 0.2) is 0 Å². The lowest BCUT2D eigenvalue weighted by atomic mass is 10.1. The van der Waals surface area contributed by atoms with Crippen molar-refractivity contribution in [3.8, 4) is 0 Å². The average molecular weight is 247 g/mol. The molecule has 0 saturated carbocycles. The van der Waals surface area contributed by atoms with Crippen LogP contribution in [0.25, 0.3) is 0 Å². The third kappa shape index (κ3) is 3.17. The van der Waals surface area contributed by atoms with E-state index < -0.39 is 0 Å². The molecule has 0 amide bonds. The molecule has 1 atom stereocenters. The van der Waals surface area contributed by atoms with Gasteiger partial charge >= 0.3 is 0 Å². The Kier molecular flexibility index (Phi) is 3.77. The molecule has 2 N–H and O–H groups in total. The second-order valence-electron chi connectivity index (χ2n) is 4.79. The summed E-state index contributed by atoms with van der Waals surface area (Å²) in [6.07, 6.45) is 4.56. The molecule has 18 heavy (non-hydrogen) atoms. The highest BCUT2D eigenvalue weighted by molar-refractivity contribution is 5.26. The molecule has 0 bridgehead atoms. The van der Waals surface area contributed by atoms with Crippen LogP contribution in [-0.2, 0) is 13.0 Å². The molecule has 1 heterocycles. The minimum atomic E-state index is -0.195. The molecule has 2 rings (SSSR count). The fourth-order valence-electron chi connectivity index (χ4n) is 1.96. The zero-order chi connectivity index (χ0) is 13.1. The van der Waals surface area contributed by atoms with Crippen LogP contribution < -0.4 is 5.73 Å². The van der Waals surface area contributed by atoms with Gasteiger partial charge in [-0.25, -0.2) is 9.37 Å². The first-order valence-electron chi connectivity index (χ1n) is 6.06. The minimum Gasteiger partial charge on any atom is -0.333 e. The third-order valence-corrected chi connectivity index (χ3v) is 2.88. The van der Waals surface area contributed by atoms with Crippen LogP contribution in [0.5, 0.6) is 0 Å². The van der Waals surface area contributed by atoms with E-state index in [2.05, 4.69) is 4.98 Å². The normalized spacial score (nSPS) is 12.7. The predicted octanol–water partition coefficient (Wildman–Crippen LogP) is 2.27. The number of aryl methyl sites for hydroxylation is 1. The SMILES string of the molecule is Cc1cc(F)ccc1Cn1cnc(CC(C)N)c1. The predicted molar refractivity (Wildman–Crippen MR) is 69.8 cm³/mol. The van der Waals surface area contributed by atoms with Crippen molar-refractivity contribution in [1.82, 2.24) is 9.55 Å². The molecular formula is C14H18FN3. The lowest BCUT2D eigenvalue weighted by Gasteiger charge is -2.06. The first-order valence-corrected chi connectivity index (χ1v) is 6.06. The molecule has 96 valence electrons. The van der Waals surface area contributed by atoms with Crippen LogP contribution in [-0.4, -0.2) is 15.6 Å². The molecule has 1 aromatic carbocycles. The fraction of sp³-hybridized carbons (Fsp3) is 0.357. The van der Waals surface area contributed by atoms with E-state index in [9.17, 15) is 4.39 Å². The molecule has 3 nitrogen and oxygen atoms in total. The van der Waals surface area contributed by atoms with E-state index in [1.54, 1.807) is 12.4 Å². The van der Waals surface area contributed by atoms with E-state index in [-0.39, 0.29) is 11.9 Å². The summed E-state index contributed by atoms with van der Waals surface area (Å²) < 4.78 is 15.0. The highest BCUT2D eigenvalue weighted by Crippen LogP contribution is 2.12. The summed E-state index contributed by atoms with van der Waals surface area (Å²) in [6.45, 7) is 4.58. The second kappa shape index (κ2) is 5.31. The fourth-order valence-corrected chi connectivity index (χ4v) is 1.96. The van der Waals surface area contributed by atoms with Gasteiger partial charge in [0.05, 0.1) is 12.0 Å². The van der Waals surface area contributed by atoms with E-state index in [1.165, 1.54) is 6.07 Å². The van der Waals surface area contributed by atoms with Crippen LogP contribution in [0.15, 0.2) is 30.7 Å². The molecule has 0 spiro atoms. The van der Waals surface area contributed by atoms with Crippen molar-refractivity contribution >= 4 is 0 Å². The van der Waals surface area contributed by atoms with Gasteiger partial charge < -0.3 is 10.3 Å². The van der Waals surface area contributed by atoms with Gasteiger partial charge in [0.25, 0.3) is 0 Å². The van der Waals surface area contributed by atoms with Gasteiger partial charge in [-0.1, -0.05) is 6.07 Å². The van der Waals surface area contributed by atoms with Crippen molar-refractivity contribution < 1.29 is 4.39 Å². The van der Waals surface area contributed by atoms with Gasteiger partial charge in [-0.05, 0) is 37.1 Å². The molecule has 4 heteroatoms. The quantitative estimate of drug-likeness (QED) is 0.900. The van der Waals surface area contributed by atoms with E-state index in [1.807, 2.05) is 30.7 Å². The monoisotopic (exact) mass is 247 g/mol. The lowest BCUT2D eigenvalue weighted by Crippen LogP contribution is -2.17. The van der Waals surface area contributed by atoms with Gasteiger partial charge in [0, 0.05) is 25.2 Å². The zero-order valence-corrected chi connectivity index (χ0v) is 10.7. The number of benzene rings is 1. The molecule has 0 fully saturated rings. The summed E-state index contributed by atoms with van der Waals surface area (Å²) in [5.41, 5.74) is 8.78. The lowest BCUT2D eigenvalue weighted by molar-refractivity contribution is 0.624. The Bertz CT molecular complexity index is 532. The topological polar surface area (TPSA) is 43.8 Å². The summed E-state index contributed by atoms with van der Waals surface area (Å²) in [4.78, 5) is 4.31. The summed E-state index contributed by atoms with van der Waals surface area (Å²) >= 11 is 0. The Balaban J connectivity index is 2.11. The molecule has 1 aromatic heterocycles. The number of hydrogen-bond acceptors (Lipinski definition) is 2. The van der Waals surface area contributed by atoms with Gasteiger partial charge in [-0.3, -0.25) is 0 Å². The van der Waals surface area contributed by atoms with Crippen LogP contribution in [0.4, 0.5) is 4.39 Å². The summed E-state index contributed by atoms with van der Waals surface area (Å²) in [7, 11) is 0. The van der Waals surface area contributed by atoms with E-state index in [0.29, 0.717) is 6.54 Å². The van der Waals surface area contributed by atoms with Crippen molar-refractivity contribution in [2.24, 2.45) is 5.73 Å². The number of hydrogen-bond donors (Lipinski definition) is 1. The molecule has 2 aromatic rings. The second-order valence-corrected chi connectivity index (χ2v) is 4.79. The third-order valence-electron chi connectivity index (χ3n) is 2.88. The van der Waals surface area contributed by atoms with Crippen molar-refractivity contribution in [2.75, 3.05) is 0 Å². The Hall–Kier alpha value is -1.68. The van der Waals surface area contributed by atoms with Crippen molar-refractivity contribution in [1.29, 1.82) is 0 Å². The number of halogens is 1. The number of nitrogens with two attached hydrogens (primary N) is 1. The Morgan fingerprint density at radius 2 is 2.22 bits per heavy atom. The minimum absolute atomic E-state index is 0.112. The van der Waals surface area contributed by atoms with Crippen LogP contribution in [0.1, 0.15) is 23.7 Å². The smallest absolute Gasteiger partial charge is 0.123 e. The van der Waals surface area contributed by atoms with Gasteiger partial charge in [0.1, 0.15) is 5.82 Å². The molecule has 0 aliphatic heterocycles. The van der Waals surface area contributed by atoms with Crippen molar-refractivity contribution in [3.05, 3.63) is 53.4 Å². The Morgan fingerprint density at radius 3 is 2.89 bits per heavy atom. The number of aromatic nitrogens is 2. The zero-order valence-electron chi connectivity index (χ0n) is 10.7. The van der Waals surface area contributed by atoms with Crippen molar-refractivity contribution in [2.45, 2.75) is 32.9 Å². The summed E-state index contributed by atoms with van der Waals surface area (Å²) in [5.74, 6) is -0.195. The highest BCUT2D eigenvalue weighted by Gasteiger charge is 2.04. The molecule has 0 saturated heterocycles. The molecular weight excluding hydrogens is 229 g/mol. The number of nitrogens with zero attached hydrogens (tertiary/aromatic N) is 2. The average Bonchev–Trinajstić information content (AvgIpc) is 2.69. The van der Waals surface area contributed by atoms with Crippen LogP contribution in [0, 0.1) is 12.7 Å². The van der Waals surface area contributed by atoms with Gasteiger partial charge in [-0.15, -0.1) is 0 Å². The first kappa shape index (κ1) is 12.8. The van der Waals surface area contributed by atoms with Crippen molar-refractivity contribution in [3.63, 3.8) is 0 Å². The highest BCUT2D eigenvalue weighted by atomic mass is 19.1. The maximum absolute atomic E-state index is 13.0. The van der Waals surface area contributed by atoms with E-state index in [4.69, 9.17) is 5.73 Å². The molecule has 0 radical (unpaired) electrons.